The van der Waals surface area contributed by atoms with Gasteiger partial charge in [0.2, 0.25) is 0 Å². The average Bonchev–Trinajstić information content (AvgIpc) is 2.79. The van der Waals surface area contributed by atoms with E-state index >= 15 is 0 Å². The fourth-order valence-electron chi connectivity index (χ4n) is 3.07. The van der Waals surface area contributed by atoms with Crippen molar-refractivity contribution in [1.82, 2.24) is 0 Å². The SMILES string of the molecule is NC1CCC(=Cc2ccc3c(c2)CCC3)CC1. The molecule has 0 radical (unpaired) electrons. The molecule has 1 aromatic rings. The summed E-state index contributed by atoms with van der Waals surface area (Å²) in [5, 5.41) is 0. The normalized spacial score (nSPS) is 23.6. The second-order valence-electron chi connectivity index (χ2n) is 5.52. The number of aryl methyl sites for hydroxylation is 2. The summed E-state index contributed by atoms with van der Waals surface area (Å²) >= 11 is 0. The molecule has 1 aromatic carbocycles. The number of nitrogens with two attached hydrogens (primary N) is 1. The van der Waals surface area contributed by atoms with Gasteiger partial charge in [0.05, 0.1) is 0 Å². The van der Waals surface area contributed by atoms with Crippen LogP contribution in [-0.4, -0.2) is 6.04 Å². The number of rotatable bonds is 1. The minimum Gasteiger partial charge on any atom is -0.328 e. The lowest BCUT2D eigenvalue weighted by molar-refractivity contribution is 0.514. The van der Waals surface area contributed by atoms with E-state index in [4.69, 9.17) is 5.73 Å². The summed E-state index contributed by atoms with van der Waals surface area (Å²) in [6.45, 7) is 0. The number of allylic oxidation sites excluding steroid dienone is 1. The summed E-state index contributed by atoms with van der Waals surface area (Å²) in [5.74, 6) is 0. The van der Waals surface area contributed by atoms with Gasteiger partial charge in [-0.2, -0.15) is 0 Å². The molecule has 0 atom stereocenters. The molecule has 17 heavy (non-hydrogen) atoms. The van der Waals surface area contributed by atoms with E-state index < -0.39 is 0 Å². The summed E-state index contributed by atoms with van der Waals surface area (Å²) in [5.41, 5.74) is 12.1. The predicted molar refractivity (Wildman–Crippen MR) is 72.9 cm³/mol. The van der Waals surface area contributed by atoms with Crippen LogP contribution in [0.3, 0.4) is 0 Å². The Hall–Kier alpha value is -1.08. The zero-order chi connectivity index (χ0) is 11.7. The summed E-state index contributed by atoms with van der Waals surface area (Å²) in [4.78, 5) is 0. The molecule has 0 aliphatic heterocycles. The van der Waals surface area contributed by atoms with Crippen molar-refractivity contribution in [1.29, 1.82) is 0 Å². The molecule has 1 nitrogen and oxygen atoms in total. The van der Waals surface area contributed by atoms with Gasteiger partial charge in [-0.3, -0.25) is 0 Å². The van der Waals surface area contributed by atoms with Gasteiger partial charge in [-0.25, -0.2) is 0 Å². The van der Waals surface area contributed by atoms with Crippen LogP contribution >= 0.6 is 0 Å². The Balaban J connectivity index is 1.78. The van der Waals surface area contributed by atoms with Crippen LogP contribution in [0.2, 0.25) is 0 Å². The lowest BCUT2D eigenvalue weighted by atomic mass is 9.90. The molecule has 0 aromatic heterocycles. The molecule has 0 spiro atoms. The van der Waals surface area contributed by atoms with Crippen LogP contribution < -0.4 is 5.73 Å². The van der Waals surface area contributed by atoms with Crippen LogP contribution in [0.15, 0.2) is 23.8 Å². The first-order valence-electron chi connectivity index (χ1n) is 6.88. The Morgan fingerprint density at radius 2 is 1.76 bits per heavy atom. The summed E-state index contributed by atoms with van der Waals surface area (Å²) in [6.07, 6.45) is 11.0. The maximum atomic E-state index is 5.94. The first-order valence-corrected chi connectivity index (χ1v) is 6.88. The lowest BCUT2D eigenvalue weighted by Crippen LogP contribution is -2.23. The average molecular weight is 227 g/mol. The van der Waals surface area contributed by atoms with Gasteiger partial charge in [0.15, 0.2) is 0 Å². The van der Waals surface area contributed by atoms with Crippen molar-refractivity contribution in [3.63, 3.8) is 0 Å². The Bertz CT molecular complexity index is 435. The minimum absolute atomic E-state index is 0.437. The predicted octanol–water partition coefficient (Wildman–Crippen LogP) is 3.46. The van der Waals surface area contributed by atoms with Gasteiger partial charge >= 0.3 is 0 Å². The van der Waals surface area contributed by atoms with Crippen LogP contribution in [-0.2, 0) is 12.8 Å². The molecule has 0 heterocycles. The van der Waals surface area contributed by atoms with E-state index in [-0.39, 0.29) is 0 Å². The van der Waals surface area contributed by atoms with Crippen molar-refractivity contribution in [2.45, 2.75) is 51.0 Å². The fraction of sp³-hybridized carbons (Fsp3) is 0.500. The summed E-state index contributed by atoms with van der Waals surface area (Å²) < 4.78 is 0. The van der Waals surface area contributed by atoms with Crippen LogP contribution in [0.25, 0.3) is 6.08 Å². The molecule has 3 rings (SSSR count). The van der Waals surface area contributed by atoms with E-state index in [9.17, 15) is 0 Å². The van der Waals surface area contributed by atoms with E-state index in [0.717, 1.165) is 12.8 Å². The number of fused-ring (bicyclic) bond motifs is 1. The molecule has 2 aliphatic rings. The molecular weight excluding hydrogens is 206 g/mol. The van der Waals surface area contributed by atoms with Crippen molar-refractivity contribution in [3.8, 4) is 0 Å². The molecule has 1 heteroatoms. The lowest BCUT2D eigenvalue weighted by Gasteiger charge is -2.20. The van der Waals surface area contributed by atoms with Gasteiger partial charge in [0.1, 0.15) is 0 Å². The van der Waals surface area contributed by atoms with E-state index in [1.807, 2.05) is 0 Å². The number of hydrogen-bond donors (Lipinski definition) is 1. The van der Waals surface area contributed by atoms with Gasteiger partial charge in [0, 0.05) is 6.04 Å². The highest BCUT2D eigenvalue weighted by molar-refractivity contribution is 5.55. The third kappa shape index (κ3) is 2.44. The van der Waals surface area contributed by atoms with E-state index in [1.165, 1.54) is 37.7 Å². The second-order valence-corrected chi connectivity index (χ2v) is 5.52. The molecule has 1 fully saturated rings. The first-order chi connectivity index (χ1) is 8.31. The zero-order valence-corrected chi connectivity index (χ0v) is 10.4. The van der Waals surface area contributed by atoms with Crippen LogP contribution in [0.4, 0.5) is 0 Å². The monoisotopic (exact) mass is 227 g/mol. The van der Waals surface area contributed by atoms with Crippen LogP contribution in [0, 0.1) is 0 Å². The van der Waals surface area contributed by atoms with Gasteiger partial charge in [-0.1, -0.05) is 29.8 Å². The van der Waals surface area contributed by atoms with E-state index in [2.05, 4.69) is 24.3 Å². The van der Waals surface area contributed by atoms with Crippen molar-refractivity contribution in [2.75, 3.05) is 0 Å². The molecule has 2 N–H and O–H groups in total. The Morgan fingerprint density at radius 3 is 2.59 bits per heavy atom. The minimum atomic E-state index is 0.437. The Labute approximate surface area is 104 Å². The highest BCUT2D eigenvalue weighted by Crippen LogP contribution is 2.27. The topological polar surface area (TPSA) is 26.0 Å². The Kier molecular flexibility index (Phi) is 3.02. The third-order valence-electron chi connectivity index (χ3n) is 4.17. The van der Waals surface area contributed by atoms with E-state index in [0.29, 0.717) is 6.04 Å². The van der Waals surface area contributed by atoms with Gasteiger partial charge in [-0.15, -0.1) is 0 Å². The van der Waals surface area contributed by atoms with Crippen LogP contribution in [0.5, 0.6) is 0 Å². The van der Waals surface area contributed by atoms with Crippen molar-refractivity contribution < 1.29 is 0 Å². The van der Waals surface area contributed by atoms with Gasteiger partial charge in [-0.05, 0) is 61.6 Å². The quantitative estimate of drug-likeness (QED) is 0.781. The standard InChI is InChI=1S/C16H21N/c17-16-8-5-12(6-9-16)10-13-4-7-14-2-1-3-15(14)11-13/h4,7,10-11,16H,1-3,5-6,8-9,17H2. The van der Waals surface area contributed by atoms with Crippen LogP contribution in [0.1, 0.15) is 48.8 Å². The maximum Gasteiger partial charge on any atom is 0.00449 e. The summed E-state index contributed by atoms with van der Waals surface area (Å²) in [6, 6.07) is 7.44. The molecule has 1 saturated carbocycles. The smallest absolute Gasteiger partial charge is 0.00449 e. The fourth-order valence-corrected chi connectivity index (χ4v) is 3.07. The molecular formula is C16H21N. The van der Waals surface area contributed by atoms with Gasteiger partial charge < -0.3 is 5.73 Å². The molecule has 0 bridgehead atoms. The van der Waals surface area contributed by atoms with Crippen molar-refractivity contribution in [2.24, 2.45) is 5.73 Å². The van der Waals surface area contributed by atoms with Crippen molar-refractivity contribution in [3.05, 3.63) is 40.5 Å². The summed E-state index contributed by atoms with van der Waals surface area (Å²) in [7, 11) is 0. The molecule has 0 saturated heterocycles. The highest BCUT2D eigenvalue weighted by Gasteiger charge is 2.13. The van der Waals surface area contributed by atoms with Gasteiger partial charge in [0.25, 0.3) is 0 Å². The Morgan fingerprint density at radius 1 is 1.00 bits per heavy atom. The number of benzene rings is 1. The first kappa shape index (κ1) is 11.0. The van der Waals surface area contributed by atoms with Crippen molar-refractivity contribution >= 4 is 6.08 Å². The van der Waals surface area contributed by atoms with E-state index in [1.54, 1.807) is 16.7 Å². The molecule has 90 valence electrons. The zero-order valence-electron chi connectivity index (χ0n) is 10.4. The molecule has 2 aliphatic carbocycles. The highest BCUT2D eigenvalue weighted by atomic mass is 14.6. The third-order valence-corrected chi connectivity index (χ3v) is 4.17. The molecule has 0 amide bonds. The second kappa shape index (κ2) is 4.66. The number of hydrogen-bond acceptors (Lipinski definition) is 1. The largest absolute Gasteiger partial charge is 0.328 e. The maximum absolute atomic E-state index is 5.94. The molecule has 0 unspecified atom stereocenters.